The summed E-state index contributed by atoms with van der Waals surface area (Å²) in [5.74, 6) is -0.116. The number of rotatable bonds is 5. The Morgan fingerprint density at radius 1 is 1.13 bits per heavy atom. The smallest absolute Gasteiger partial charge is 0.255 e. The van der Waals surface area contributed by atoms with Crippen molar-refractivity contribution < 1.29 is 4.79 Å². The standard InChI is InChI=1S/C23H21Cl2N3OS/c1-28(2)21-12-22(30-17-10-15(24)9-16(25)11-17)26-13-19(21)23(29)27-20-8-7-14-5-3-4-6-18(14)20/h3-6,9-13,20H,7-8H2,1-2H3,(H,27,29). The molecule has 1 heterocycles. The summed E-state index contributed by atoms with van der Waals surface area (Å²) in [5, 5.41) is 5.10. The minimum Gasteiger partial charge on any atom is -0.377 e. The maximum atomic E-state index is 13.1. The van der Waals surface area contributed by atoms with E-state index in [-0.39, 0.29) is 11.9 Å². The first-order valence-corrected chi connectivity index (χ1v) is 11.2. The molecule has 3 aromatic rings. The Labute approximate surface area is 190 Å². The number of hydrogen-bond donors (Lipinski definition) is 1. The van der Waals surface area contributed by atoms with Crippen molar-refractivity contribution in [1.82, 2.24) is 10.3 Å². The maximum absolute atomic E-state index is 13.1. The fraction of sp³-hybridized carbons (Fsp3) is 0.217. The molecule has 4 nitrogen and oxygen atoms in total. The largest absolute Gasteiger partial charge is 0.377 e. The second kappa shape index (κ2) is 8.88. The summed E-state index contributed by atoms with van der Waals surface area (Å²) >= 11 is 13.7. The van der Waals surface area contributed by atoms with E-state index in [1.165, 1.54) is 22.9 Å². The maximum Gasteiger partial charge on any atom is 0.255 e. The molecule has 2 aromatic carbocycles. The number of hydrogen-bond acceptors (Lipinski definition) is 4. The van der Waals surface area contributed by atoms with Crippen molar-refractivity contribution >= 4 is 46.6 Å². The van der Waals surface area contributed by atoms with Crippen LogP contribution in [0.5, 0.6) is 0 Å². The van der Waals surface area contributed by atoms with Crippen LogP contribution in [0.4, 0.5) is 5.69 Å². The van der Waals surface area contributed by atoms with Gasteiger partial charge in [0.15, 0.2) is 0 Å². The van der Waals surface area contributed by atoms with Gasteiger partial charge in [-0.2, -0.15) is 0 Å². The van der Waals surface area contributed by atoms with Gasteiger partial charge in [-0.3, -0.25) is 4.79 Å². The number of nitrogens with one attached hydrogen (secondary N) is 1. The van der Waals surface area contributed by atoms with Gasteiger partial charge < -0.3 is 10.2 Å². The average molecular weight is 458 g/mol. The molecule has 4 rings (SSSR count). The van der Waals surface area contributed by atoms with Gasteiger partial charge in [0.2, 0.25) is 0 Å². The first-order chi connectivity index (χ1) is 14.4. The molecule has 0 spiro atoms. The summed E-state index contributed by atoms with van der Waals surface area (Å²) in [6.45, 7) is 0. The Morgan fingerprint density at radius 3 is 2.60 bits per heavy atom. The number of aromatic nitrogens is 1. The number of carbonyl (C=O) groups is 1. The summed E-state index contributed by atoms with van der Waals surface area (Å²) in [7, 11) is 3.84. The van der Waals surface area contributed by atoms with Crippen LogP contribution in [0.25, 0.3) is 0 Å². The summed E-state index contributed by atoms with van der Waals surface area (Å²) in [5.41, 5.74) is 3.87. The van der Waals surface area contributed by atoms with Gasteiger partial charge in [0.05, 0.1) is 17.3 Å². The zero-order chi connectivity index (χ0) is 21.3. The van der Waals surface area contributed by atoms with E-state index < -0.39 is 0 Å². The van der Waals surface area contributed by atoms with Gasteiger partial charge >= 0.3 is 0 Å². The molecule has 0 fully saturated rings. The molecule has 0 aliphatic heterocycles. The van der Waals surface area contributed by atoms with Crippen molar-refractivity contribution in [3.05, 3.63) is 81.5 Å². The number of benzene rings is 2. The van der Waals surface area contributed by atoms with Crippen LogP contribution >= 0.6 is 35.0 Å². The lowest BCUT2D eigenvalue weighted by Gasteiger charge is -2.20. The van der Waals surface area contributed by atoms with E-state index in [1.54, 1.807) is 12.3 Å². The van der Waals surface area contributed by atoms with Crippen LogP contribution < -0.4 is 10.2 Å². The Morgan fingerprint density at radius 2 is 1.87 bits per heavy atom. The van der Waals surface area contributed by atoms with Gasteiger partial charge in [-0.15, -0.1) is 0 Å². The Kier molecular flexibility index (Phi) is 6.23. The van der Waals surface area contributed by atoms with Crippen LogP contribution in [-0.4, -0.2) is 25.0 Å². The number of amides is 1. The topological polar surface area (TPSA) is 45.2 Å². The lowest BCUT2D eigenvalue weighted by molar-refractivity contribution is 0.0937. The van der Waals surface area contributed by atoms with Gasteiger partial charge in [-0.25, -0.2) is 4.98 Å². The molecule has 154 valence electrons. The predicted octanol–water partition coefficient (Wildman–Crippen LogP) is 6.02. The molecule has 0 radical (unpaired) electrons. The first-order valence-electron chi connectivity index (χ1n) is 9.60. The number of anilines is 1. The normalized spacial score (nSPS) is 15.0. The first kappa shape index (κ1) is 21.0. The fourth-order valence-electron chi connectivity index (χ4n) is 3.68. The van der Waals surface area contributed by atoms with Crippen LogP contribution in [0.15, 0.2) is 64.6 Å². The Bertz CT molecular complexity index is 1080. The fourth-order valence-corrected chi connectivity index (χ4v) is 5.22. The van der Waals surface area contributed by atoms with E-state index in [0.717, 1.165) is 28.5 Å². The van der Waals surface area contributed by atoms with Gasteiger partial charge in [-0.05, 0) is 48.2 Å². The summed E-state index contributed by atoms with van der Waals surface area (Å²) in [4.78, 5) is 20.4. The second-order valence-electron chi connectivity index (χ2n) is 7.40. The van der Waals surface area contributed by atoms with Crippen LogP contribution in [0, 0.1) is 0 Å². The molecule has 7 heteroatoms. The van der Waals surface area contributed by atoms with Crippen LogP contribution in [-0.2, 0) is 6.42 Å². The van der Waals surface area contributed by atoms with Crippen LogP contribution in [0.2, 0.25) is 10.0 Å². The number of pyridine rings is 1. The van der Waals surface area contributed by atoms with E-state index >= 15 is 0 Å². The average Bonchev–Trinajstić information content (AvgIpc) is 3.10. The van der Waals surface area contributed by atoms with Gasteiger partial charge in [0, 0.05) is 35.2 Å². The Hall–Kier alpha value is -2.21. The highest BCUT2D eigenvalue weighted by Gasteiger charge is 2.25. The Balaban J connectivity index is 1.57. The molecule has 30 heavy (non-hydrogen) atoms. The predicted molar refractivity (Wildman–Crippen MR) is 124 cm³/mol. The van der Waals surface area contributed by atoms with Gasteiger partial charge in [-0.1, -0.05) is 59.2 Å². The number of aryl methyl sites for hydroxylation is 1. The van der Waals surface area contributed by atoms with Gasteiger partial charge in [0.25, 0.3) is 5.91 Å². The third-order valence-electron chi connectivity index (χ3n) is 5.08. The minimum atomic E-state index is -0.116. The highest BCUT2D eigenvalue weighted by atomic mass is 35.5. The molecular formula is C23H21Cl2N3OS. The van der Waals surface area contributed by atoms with Crippen molar-refractivity contribution in [3.63, 3.8) is 0 Å². The van der Waals surface area contributed by atoms with E-state index in [1.807, 2.05) is 49.3 Å². The molecule has 1 aliphatic carbocycles. The van der Waals surface area contributed by atoms with Crippen molar-refractivity contribution in [2.45, 2.75) is 28.8 Å². The summed E-state index contributed by atoms with van der Waals surface area (Å²) < 4.78 is 0. The third kappa shape index (κ3) is 4.59. The molecular weight excluding hydrogens is 437 g/mol. The number of halogens is 2. The van der Waals surface area contributed by atoms with E-state index in [0.29, 0.717) is 15.6 Å². The second-order valence-corrected chi connectivity index (χ2v) is 9.37. The summed E-state index contributed by atoms with van der Waals surface area (Å²) in [6.07, 6.45) is 3.54. The number of fused-ring (bicyclic) bond motifs is 1. The molecule has 1 amide bonds. The molecule has 0 saturated carbocycles. The van der Waals surface area contributed by atoms with Crippen molar-refractivity contribution in [2.75, 3.05) is 19.0 Å². The van der Waals surface area contributed by atoms with Crippen molar-refractivity contribution in [3.8, 4) is 0 Å². The highest BCUT2D eigenvalue weighted by molar-refractivity contribution is 7.99. The van der Waals surface area contributed by atoms with Crippen molar-refractivity contribution in [1.29, 1.82) is 0 Å². The van der Waals surface area contributed by atoms with Crippen LogP contribution in [0.1, 0.15) is 33.9 Å². The number of carbonyl (C=O) groups excluding carboxylic acids is 1. The van der Waals surface area contributed by atoms with E-state index in [9.17, 15) is 4.79 Å². The van der Waals surface area contributed by atoms with E-state index in [2.05, 4.69) is 22.4 Å². The van der Waals surface area contributed by atoms with Gasteiger partial charge in [0.1, 0.15) is 5.03 Å². The molecule has 1 aromatic heterocycles. The molecule has 1 atom stereocenters. The molecule has 1 N–H and O–H groups in total. The number of nitrogens with zero attached hydrogens (tertiary/aromatic N) is 2. The van der Waals surface area contributed by atoms with Crippen LogP contribution in [0.3, 0.4) is 0 Å². The molecule has 0 saturated heterocycles. The monoisotopic (exact) mass is 457 g/mol. The zero-order valence-corrected chi connectivity index (χ0v) is 19.0. The van der Waals surface area contributed by atoms with Crippen molar-refractivity contribution in [2.24, 2.45) is 0 Å². The quantitative estimate of drug-likeness (QED) is 0.508. The lowest BCUT2D eigenvalue weighted by atomic mass is 10.1. The van der Waals surface area contributed by atoms with E-state index in [4.69, 9.17) is 23.2 Å². The third-order valence-corrected chi connectivity index (χ3v) is 6.42. The summed E-state index contributed by atoms with van der Waals surface area (Å²) in [6, 6.07) is 15.6. The zero-order valence-electron chi connectivity index (χ0n) is 16.7. The molecule has 1 aliphatic rings. The molecule has 1 unspecified atom stereocenters. The lowest BCUT2D eigenvalue weighted by Crippen LogP contribution is -2.29. The SMILES string of the molecule is CN(C)c1cc(Sc2cc(Cl)cc(Cl)c2)ncc1C(=O)NC1CCc2ccccc21. The minimum absolute atomic E-state index is 0.0337. The molecule has 0 bridgehead atoms. The highest BCUT2D eigenvalue weighted by Crippen LogP contribution is 2.34.